The van der Waals surface area contributed by atoms with Gasteiger partial charge in [0.2, 0.25) is 0 Å². The van der Waals surface area contributed by atoms with Crippen LogP contribution < -0.4 is 5.73 Å². The summed E-state index contributed by atoms with van der Waals surface area (Å²) in [7, 11) is 4.18. The zero-order valence-corrected chi connectivity index (χ0v) is 12.8. The number of hydrogen-bond acceptors (Lipinski definition) is 5. The number of anilines is 1. The molecule has 0 aliphatic heterocycles. The van der Waals surface area contributed by atoms with Gasteiger partial charge in [0, 0.05) is 31.4 Å². The topological polar surface area (TPSA) is 58.3 Å². The quantitative estimate of drug-likeness (QED) is 0.807. The number of nitrogen functional groups attached to an aromatic ring is 1. The lowest BCUT2D eigenvalue weighted by atomic mass is 10.2. The van der Waals surface area contributed by atoms with E-state index in [9.17, 15) is 0 Å². The highest BCUT2D eigenvalue weighted by Crippen LogP contribution is 2.07. The minimum atomic E-state index is 0.555. The van der Waals surface area contributed by atoms with Crippen molar-refractivity contribution in [1.82, 2.24) is 19.8 Å². The lowest BCUT2D eigenvalue weighted by Crippen LogP contribution is -2.34. The molecule has 0 bridgehead atoms. The molecule has 0 radical (unpaired) electrons. The summed E-state index contributed by atoms with van der Waals surface area (Å²) in [6.45, 7) is 10.3. The van der Waals surface area contributed by atoms with E-state index in [0.717, 1.165) is 37.7 Å². The van der Waals surface area contributed by atoms with Crippen molar-refractivity contribution in [2.75, 3.05) is 39.5 Å². The number of hydrogen-bond donors (Lipinski definition) is 1. The number of likely N-dealkylation sites (N-methyl/N-ethyl adjacent to an activating group) is 1. The highest BCUT2D eigenvalue weighted by atomic mass is 15.2. The molecule has 0 saturated carbocycles. The summed E-state index contributed by atoms with van der Waals surface area (Å²) in [4.78, 5) is 13.4. The molecular formula is C14H27N5. The molecule has 0 unspecified atom stereocenters. The van der Waals surface area contributed by atoms with Gasteiger partial charge in [-0.1, -0.05) is 13.8 Å². The molecule has 0 aliphatic carbocycles. The second-order valence-corrected chi connectivity index (χ2v) is 5.78. The Hall–Kier alpha value is -1.20. The number of aromatic nitrogens is 2. The van der Waals surface area contributed by atoms with Crippen LogP contribution in [0.1, 0.15) is 25.4 Å². The van der Waals surface area contributed by atoms with Crippen LogP contribution in [0.3, 0.4) is 0 Å². The lowest BCUT2D eigenvalue weighted by Gasteiger charge is -2.25. The van der Waals surface area contributed by atoms with E-state index in [2.05, 4.69) is 47.7 Å². The fraction of sp³-hybridized carbons (Fsp3) is 0.714. The van der Waals surface area contributed by atoms with Gasteiger partial charge >= 0.3 is 0 Å². The van der Waals surface area contributed by atoms with E-state index < -0.39 is 0 Å². The summed E-state index contributed by atoms with van der Waals surface area (Å²) in [6.07, 6.45) is 0. The molecule has 1 rings (SSSR count). The fourth-order valence-electron chi connectivity index (χ4n) is 2.02. The standard InChI is InChI=1S/C14H27N5/c1-11(2)9-19(7-6-18(4)5)10-14-16-12(3)8-13(15)17-14/h8,11H,6-7,9-10H2,1-5H3,(H2,15,16,17). The average Bonchev–Trinajstić information content (AvgIpc) is 2.23. The Morgan fingerprint density at radius 3 is 2.42 bits per heavy atom. The molecular weight excluding hydrogens is 238 g/mol. The van der Waals surface area contributed by atoms with Gasteiger partial charge in [-0.2, -0.15) is 0 Å². The van der Waals surface area contributed by atoms with E-state index in [1.54, 1.807) is 6.07 Å². The van der Waals surface area contributed by atoms with Gasteiger partial charge in [0.15, 0.2) is 0 Å². The summed E-state index contributed by atoms with van der Waals surface area (Å²) >= 11 is 0. The van der Waals surface area contributed by atoms with Crippen molar-refractivity contribution in [2.24, 2.45) is 5.92 Å². The highest BCUT2D eigenvalue weighted by molar-refractivity contribution is 5.29. The number of aryl methyl sites for hydroxylation is 1. The van der Waals surface area contributed by atoms with E-state index in [4.69, 9.17) is 5.73 Å². The summed E-state index contributed by atoms with van der Waals surface area (Å²) in [6, 6.07) is 1.80. The van der Waals surface area contributed by atoms with Gasteiger partial charge in [0.25, 0.3) is 0 Å². The Balaban J connectivity index is 2.69. The SMILES string of the molecule is Cc1cc(N)nc(CN(CCN(C)C)CC(C)C)n1. The summed E-state index contributed by atoms with van der Waals surface area (Å²) < 4.78 is 0. The van der Waals surface area contributed by atoms with Gasteiger partial charge in [-0.05, 0) is 26.9 Å². The van der Waals surface area contributed by atoms with Crippen LogP contribution >= 0.6 is 0 Å². The van der Waals surface area contributed by atoms with Crippen LogP contribution in [0.15, 0.2) is 6.07 Å². The van der Waals surface area contributed by atoms with Crippen molar-refractivity contribution in [1.29, 1.82) is 0 Å². The Labute approximate surface area is 116 Å². The van der Waals surface area contributed by atoms with Crippen molar-refractivity contribution < 1.29 is 0 Å². The molecule has 0 aliphatic rings. The second kappa shape index (κ2) is 7.40. The molecule has 108 valence electrons. The summed E-state index contributed by atoms with van der Waals surface area (Å²) in [5.41, 5.74) is 6.71. The maximum Gasteiger partial charge on any atom is 0.144 e. The molecule has 1 heterocycles. The van der Waals surface area contributed by atoms with Crippen LogP contribution in [0, 0.1) is 12.8 Å². The van der Waals surface area contributed by atoms with Gasteiger partial charge in [0.05, 0.1) is 6.54 Å². The van der Waals surface area contributed by atoms with Crippen molar-refractivity contribution in [3.63, 3.8) is 0 Å². The third kappa shape index (κ3) is 6.50. The zero-order valence-electron chi connectivity index (χ0n) is 12.8. The minimum absolute atomic E-state index is 0.555. The first-order valence-electron chi connectivity index (χ1n) is 6.84. The van der Waals surface area contributed by atoms with Crippen molar-refractivity contribution >= 4 is 5.82 Å². The maximum atomic E-state index is 5.78. The van der Waals surface area contributed by atoms with Gasteiger partial charge < -0.3 is 10.6 Å². The predicted octanol–water partition coefficient (Wildman–Crippen LogP) is 1.39. The first-order valence-corrected chi connectivity index (χ1v) is 6.84. The summed E-state index contributed by atoms with van der Waals surface area (Å²) in [5.74, 6) is 2.00. The van der Waals surface area contributed by atoms with E-state index >= 15 is 0 Å². The molecule has 1 aromatic heterocycles. The number of nitrogens with two attached hydrogens (primary N) is 1. The van der Waals surface area contributed by atoms with Crippen molar-refractivity contribution in [3.05, 3.63) is 17.6 Å². The maximum absolute atomic E-state index is 5.78. The van der Waals surface area contributed by atoms with Crippen LogP contribution in [0.2, 0.25) is 0 Å². The molecule has 0 saturated heterocycles. The smallest absolute Gasteiger partial charge is 0.144 e. The predicted molar refractivity (Wildman–Crippen MR) is 79.9 cm³/mol. The summed E-state index contributed by atoms with van der Waals surface area (Å²) in [5, 5.41) is 0. The fourth-order valence-corrected chi connectivity index (χ4v) is 2.02. The first kappa shape index (κ1) is 15.9. The third-order valence-electron chi connectivity index (χ3n) is 2.77. The normalized spacial score (nSPS) is 11.8. The molecule has 5 heteroatoms. The van der Waals surface area contributed by atoms with Gasteiger partial charge in [0.1, 0.15) is 11.6 Å². The molecule has 0 atom stereocenters. The molecule has 0 fully saturated rings. The van der Waals surface area contributed by atoms with Crippen LogP contribution in [0.5, 0.6) is 0 Å². The van der Waals surface area contributed by atoms with Crippen molar-refractivity contribution in [2.45, 2.75) is 27.3 Å². The van der Waals surface area contributed by atoms with Gasteiger partial charge in [-0.15, -0.1) is 0 Å². The zero-order chi connectivity index (χ0) is 14.4. The third-order valence-corrected chi connectivity index (χ3v) is 2.77. The number of nitrogens with zero attached hydrogens (tertiary/aromatic N) is 4. The molecule has 1 aromatic rings. The Morgan fingerprint density at radius 1 is 1.21 bits per heavy atom. The highest BCUT2D eigenvalue weighted by Gasteiger charge is 2.11. The Kier molecular flexibility index (Phi) is 6.18. The van der Waals surface area contributed by atoms with E-state index in [0.29, 0.717) is 11.7 Å². The van der Waals surface area contributed by atoms with E-state index in [1.165, 1.54) is 0 Å². The average molecular weight is 265 g/mol. The lowest BCUT2D eigenvalue weighted by molar-refractivity contribution is 0.207. The molecule has 0 spiro atoms. The molecule has 0 amide bonds. The first-order chi connectivity index (χ1) is 8.86. The van der Waals surface area contributed by atoms with Crippen LogP contribution in [0.25, 0.3) is 0 Å². The van der Waals surface area contributed by atoms with Gasteiger partial charge in [-0.3, -0.25) is 4.90 Å². The molecule has 19 heavy (non-hydrogen) atoms. The van der Waals surface area contributed by atoms with Crippen LogP contribution in [0.4, 0.5) is 5.82 Å². The molecule has 0 aromatic carbocycles. The van der Waals surface area contributed by atoms with E-state index in [1.807, 2.05) is 6.92 Å². The number of rotatable bonds is 7. The van der Waals surface area contributed by atoms with Crippen LogP contribution in [-0.4, -0.2) is 53.5 Å². The van der Waals surface area contributed by atoms with Gasteiger partial charge in [-0.25, -0.2) is 9.97 Å². The van der Waals surface area contributed by atoms with Crippen LogP contribution in [-0.2, 0) is 6.54 Å². The second-order valence-electron chi connectivity index (χ2n) is 5.78. The molecule has 2 N–H and O–H groups in total. The Morgan fingerprint density at radius 2 is 1.89 bits per heavy atom. The van der Waals surface area contributed by atoms with Crippen molar-refractivity contribution in [3.8, 4) is 0 Å². The minimum Gasteiger partial charge on any atom is -0.384 e. The Bertz CT molecular complexity index is 369. The molecule has 5 nitrogen and oxygen atoms in total. The largest absolute Gasteiger partial charge is 0.384 e. The van der Waals surface area contributed by atoms with E-state index in [-0.39, 0.29) is 0 Å². The monoisotopic (exact) mass is 265 g/mol.